The zero-order chi connectivity index (χ0) is 14.8. The van der Waals surface area contributed by atoms with Crippen LogP contribution in [0.3, 0.4) is 0 Å². The zero-order valence-corrected chi connectivity index (χ0v) is 12.2. The lowest BCUT2D eigenvalue weighted by Gasteiger charge is -2.10. The lowest BCUT2D eigenvalue weighted by atomic mass is 10.1. The Morgan fingerprint density at radius 3 is 2.60 bits per heavy atom. The highest BCUT2D eigenvalue weighted by Crippen LogP contribution is 2.13. The van der Waals surface area contributed by atoms with E-state index in [4.69, 9.17) is 10.00 Å². The van der Waals surface area contributed by atoms with E-state index in [0.717, 1.165) is 17.7 Å². The van der Waals surface area contributed by atoms with Crippen molar-refractivity contribution in [2.75, 3.05) is 6.61 Å². The molecule has 0 spiro atoms. The first kappa shape index (κ1) is 16.0. The summed E-state index contributed by atoms with van der Waals surface area (Å²) in [6.45, 7) is 4.59. The van der Waals surface area contributed by atoms with Crippen LogP contribution >= 0.6 is 0 Å². The number of aryl methyl sites for hydroxylation is 1. The van der Waals surface area contributed by atoms with E-state index >= 15 is 0 Å². The smallest absolute Gasteiger partial charge is 0.221 e. The Kier molecular flexibility index (Phi) is 7.20. The SMILES string of the molecule is CCCC(C#N)NC(=O)CCc1ccc(OCC)cc1. The first-order valence-corrected chi connectivity index (χ1v) is 7.10. The molecule has 4 nitrogen and oxygen atoms in total. The molecule has 1 N–H and O–H groups in total. The summed E-state index contributed by atoms with van der Waals surface area (Å²) in [7, 11) is 0. The molecule has 0 fully saturated rings. The van der Waals surface area contributed by atoms with Crippen molar-refractivity contribution in [2.45, 2.75) is 45.6 Å². The highest BCUT2D eigenvalue weighted by atomic mass is 16.5. The molecule has 4 heteroatoms. The van der Waals surface area contributed by atoms with Gasteiger partial charge in [0.25, 0.3) is 0 Å². The van der Waals surface area contributed by atoms with Gasteiger partial charge in [0.1, 0.15) is 11.8 Å². The summed E-state index contributed by atoms with van der Waals surface area (Å²) in [5.74, 6) is 0.770. The number of nitrogens with one attached hydrogen (secondary N) is 1. The van der Waals surface area contributed by atoms with Gasteiger partial charge < -0.3 is 10.1 Å². The van der Waals surface area contributed by atoms with Crippen LogP contribution in [-0.2, 0) is 11.2 Å². The van der Waals surface area contributed by atoms with Crippen LogP contribution < -0.4 is 10.1 Å². The Morgan fingerprint density at radius 1 is 1.35 bits per heavy atom. The van der Waals surface area contributed by atoms with Gasteiger partial charge in [-0.05, 0) is 37.5 Å². The maximum Gasteiger partial charge on any atom is 0.221 e. The molecule has 0 saturated carbocycles. The Balaban J connectivity index is 2.38. The van der Waals surface area contributed by atoms with Crippen molar-refractivity contribution in [3.8, 4) is 11.8 Å². The van der Waals surface area contributed by atoms with E-state index < -0.39 is 0 Å². The average molecular weight is 274 g/mol. The molecule has 108 valence electrons. The van der Waals surface area contributed by atoms with Crippen molar-refractivity contribution < 1.29 is 9.53 Å². The standard InChI is InChI=1S/C16H22N2O2/c1-3-5-14(12-17)18-16(19)11-8-13-6-9-15(10-7-13)20-4-2/h6-7,9-10,14H,3-5,8,11H2,1-2H3,(H,18,19). The third-order valence-electron chi connectivity index (χ3n) is 2.94. The van der Waals surface area contributed by atoms with Gasteiger partial charge in [0.05, 0.1) is 12.7 Å². The molecule has 1 rings (SSSR count). The molecule has 1 amide bonds. The van der Waals surface area contributed by atoms with Crippen LogP contribution in [0.1, 0.15) is 38.7 Å². The molecule has 0 aromatic heterocycles. The molecule has 1 atom stereocenters. The number of nitrogens with zero attached hydrogens (tertiary/aromatic N) is 1. The monoisotopic (exact) mass is 274 g/mol. The molecule has 0 heterocycles. The van der Waals surface area contributed by atoms with Gasteiger partial charge in [-0.15, -0.1) is 0 Å². The van der Waals surface area contributed by atoms with Crippen molar-refractivity contribution in [3.63, 3.8) is 0 Å². The quantitative estimate of drug-likeness (QED) is 0.793. The van der Waals surface area contributed by atoms with Crippen LogP contribution in [0.5, 0.6) is 5.75 Å². The minimum Gasteiger partial charge on any atom is -0.494 e. The summed E-state index contributed by atoms with van der Waals surface area (Å²) in [4.78, 5) is 11.7. The second-order valence-electron chi connectivity index (χ2n) is 4.61. The van der Waals surface area contributed by atoms with Gasteiger partial charge in [0, 0.05) is 6.42 Å². The second-order valence-corrected chi connectivity index (χ2v) is 4.61. The van der Waals surface area contributed by atoms with E-state index in [1.807, 2.05) is 38.1 Å². The van der Waals surface area contributed by atoms with Gasteiger partial charge in [-0.3, -0.25) is 4.79 Å². The first-order valence-electron chi connectivity index (χ1n) is 7.10. The predicted molar refractivity (Wildman–Crippen MR) is 78.4 cm³/mol. The largest absolute Gasteiger partial charge is 0.494 e. The maximum atomic E-state index is 11.7. The minimum absolute atomic E-state index is 0.0705. The Morgan fingerprint density at radius 2 is 2.05 bits per heavy atom. The summed E-state index contributed by atoms with van der Waals surface area (Å²) in [6, 6.07) is 9.48. The molecule has 1 aromatic carbocycles. The van der Waals surface area contributed by atoms with Crippen molar-refractivity contribution in [2.24, 2.45) is 0 Å². The normalized spacial score (nSPS) is 11.4. The number of nitriles is 1. The molecule has 0 aliphatic heterocycles. The van der Waals surface area contributed by atoms with Crippen LogP contribution in [0, 0.1) is 11.3 Å². The number of ether oxygens (including phenoxy) is 1. The van der Waals surface area contributed by atoms with E-state index in [9.17, 15) is 4.79 Å². The maximum absolute atomic E-state index is 11.7. The fourth-order valence-corrected chi connectivity index (χ4v) is 1.90. The predicted octanol–water partition coefficient (Wildman–Crippen LogP) is 2.83. The van der Waals surface area contributed by atoms with Gasteiger partial charge in [0.2, 0.25) is 5.91 Å². The molecule has 0 radical (unpaired) electrons. The fraction of sp³-hybridized carbons (Fsp3) is 0.500. The Labute approximate surface area is 120 Å². The molecule has 0 aliphatic carbocycles. The third-order valence-corrected chi connectivity index (χ3v) is 2.94. The zero-order valence-electron chi connectivity index (χ0n) is 12.2. The Bertz CT molecular complexity index is 449. The number of hydrogen-bond acceptors (Lipinski definition) is 3. The third kappa shape index (κ3) is 5.75. The molecule has 1 unspecified atom stereocenters. The van der Waals surface area contributed by atoms with Crippen LogP contribution in [0.4, 0.5) is 0 Å². The van der Waals surface area contributed by atoms with Crippen LogP contribution in [0.2, 0.25) is 0 Å². The van der Waals surface area contributed by atoms with Gasteiger partial charge in [-0.2, -0.15) is 5.26 Å². The van der Waals surface area contributed by atoms with Crippen LogP contribution in [0.25, 0.3) is 0 Å². The van der Waals surface area contributed by atoms with Crippen LogP contribution in [-0.4, -0.2) is 18.6 Å². The lowest BCUT2D eigenvalue weighted by molar-refractivity contribution is -0.121. The first-order chi connectivity index (χ1) is 9.69. The number of rotatable bonds is 8. The topological polar surface area (TPSA) is 62.1 Å². The van der Waals surface area contributed by atoms with Gasteiger partial charge in [0.15, 0.2) is 0 Å². The number of carbonyl (C=O) groups is 1. The van der Waals surface area contributed by atoms with E-state index in [-0.39, 0.29) is 11.9 Å². The van der Waals surface area contributed by atoms with Crippen molar-refractivity contribution in [3.05, 3.63) is 29.8 Å². The van der Waals surface area contributed by atoms with E-state index in [1.165, 1.54) is 0 Å². The molecule has 0 bridgehead atoms. The number of carbonyl (C=O) groups excluding carboxylic acids is 1. The van der Waals surface area contributed by atoms with E-state index in [0.29, 0.717) is 25.9 Å². The van der Waals surface area contributed by atoms with Crippen molar-refractivity contribution in [1.82, 2.24) is 5.32 Å². The van der Waals surface area contributed by atoms with Crippen molar-refractivity contribution in [1.29, 1.82) is 5.26 Å². The van der Waals surface area contributed by atoms with E-state index in [2.05, 4.69) is 11.4 Å². The van der Waals surface area contributed by atoms with E-state index in [1.54, 1.807) is 0 Å². The summed E-state index contributed by atoms with van der Waals surface area (Å²) in [5.41, 5.74) is 1.09. The van der Waals surface area contributed by atoms with Gasteiger partial charge in [-0.25, -0.2) is 0 Å². The summed E-state index contributed by atoms with van der Waals surface area (Å²) < 4.78 is 5.37. The molecule has 0 saturated heterocycles. The molecule has 0 aliphatic rings. The lowest BCUT2D eigenvalue weighted by Crippen LogP contribution is -2.33. The van der Waals surface area contributed by atoms with Crippen molar-refractivity contribution >= 4 is 5.91 Å². The summed E-state index contributed by atoms with van der Waals surface area (Å²) in [6.07, 6.45) is 2.65. The number of hydrogen-bond donors (Lipinski definition) is 1. The minimum atomic E-state index is -0.368. The molecule has 20 heavy (non-hydrogen) atoms. The fourth-order valence-electron chi connectivity index (χ4n) is 1.90. The Hall–Kier alpha value is -2.02. The molecule has 1 aromatic rings. The summed E-state index contributed by atoms with van der Waals surface area (Å²) in [5, 5.41) is 11.6. The van der Waals surface area contributed by atoms with Crippen LogP contribution in [0.15, 0.2) is 24.3 Å². The summed E-state index contributed by atoms with van der Waals surface area (Å²) >= 11 is 0. The average Bonchev–Trinajstić information content (AvgIpc) is 2.46. The van der Waals surface area contributed by atoms with Gasteiger partial charge in [-0.1, -0.05) is 25.5 Å². The second kappa shape index (κ2) is 8.98. The highest BCUT2D eigenvalue weighted by Gasteiger charge is 2.10. The number of benzene rings is 1. The molecular weight excluding hydrogens is 252 g/mol. The van der Waals surface area contributed by atoms with Gasteiger partial charge >= 0.3 is 0 Å². The molecular formula is C16H22N2O2. The number of amides is 1. The highest BCUT2D eigenvalue weighted by molar-refractivity contribution is 5.76.